The van der Waals surface area contributed by atoms with E-state index >= 15 is 0 Å². The Morgan fingerprint density at radius 2 is 1.96 bits per heavy atom. The van der Waals surface area contributed by atoms with E-state index in [4.69, 9.17) is 5.11 Å². The number of rotatable bonds is 3. The fourth-order valence-corrected chi connectivity index (χ4v) is 3.28. The van der Waals surface area contributed by atoms with Crippen LogP contribution in [0.15, 0.2) is 23.6 Å². The molecule has 1 aromatic carbocycles. The van der Waals surface area contributed by atoms with E-state index in [1.807, 2.05) is 0 Å². The van der Waals surface area contributed by atoms with Gasteiger partial charge in [-0.1, -0.05) is 0 Å². The van der Waals surface area contributed by atoms with Crippen LogP contribution in [0.25, 0.3) is 10.9 Å². The molecule has 2 aromatic heterocycles. The summed E-state index contributed by atoms with van der Waals surface area (Å²) >= 11 is 0.753. The highest BCUT2D eigenvalue weighted by atomic mass is 32.1. The summed E-state index contributed by atoms with van der Waals surface area (Å²) < 4.78 is 28.1. The van der Waals surface area contributed by atoms with E-state index in [0.717, 1.165) is 34.1 Å². The molecule has 8 heteroatoms. The van der Waals surface area contributed by atoms with Crippen LogP contribution in [0, 0.1) is 17.9 Å². The van der Waals surface area contributed by atoms with E-state index in [0.29, 0.717) is 5.69 Å². The highest BCUT2D eigenvalue weighted by Crippen LogP contribution is 2.32. The number of thiophene rings is 1. The molecule has 0 fully saturated rings. The van der Waals surface area contributed by atoms with Crippen molar-refractivity contribution in [3.63, 3.8) is 0 Å². The first-order valence-corrected chi connectivity index (χ1v) is 7.70. The van der Waals surface area contributed by atoms with Gasteiger partial charge in [0.1, 0.15) is 0 Å². The first-order chi connectivity index (χ1) is 11.3. The Balaban J connectivity index is 2.30. The number of nitrogens with zero attached hydrogens (tertiary/aromatic N) is 1. The maximum atomic E-state index is 13.8. The van der Waals surface area contributed by atoms with Gasteiger partial charge in [-0.2, -0.15) is 4.39 Å². The van der Waals surface area contributed by atoms with Gasteiger partial charge in [-0.25, -0.2) is 4.39 Å². The second kappa shape index (κ2) is 5.72. The quantitative estimate of drug-likeness (QED) is 0.759. The van der Waals surface area contributed by atoms with Gasteiger partial charge in [-0.15, -0.1) is 11.3 Å². The molecular formula is C16H11F2NO4S. The van der Waals surface area contributed by atoms with Crippen LogP contribution < -0.4 is 0 Å². The number of aromatic hydroxyl groups is 1. The van der Waals surface area contributed by atoms with Crippen LogP contribution in [0.4, 0.5) is 8.78 Å². The molecule has 0 saturated carbocycles. The standard InChI is InChI=1S/C16H11F2NO4S/c1-7-9(4-15(21)22)10-3-13(20)11(17)5-12(10)19(7)16(23)8-2-14(18)24-6-8/h2-3,5-6,20H,4H2,1H3,(H,21,22). The summed E-state index contributed by atoms with van der Waals surface area (Å²) in [7, 11) is 0. The summed E-state index contributed by atoms with van der Waals surface area (Å²) in [5.41, 5.74) is 0.786. The molecule has 0 unspecified atom stereocenters. The molecule has 0 amide bonds. The number of benzene rings is 1. The highest BCUT2D eigenvalue weighted by Gasteiger charge is 2.23. The zero-order chi connectivity index (χ0) is 17.6. The van der Waals surface area contributed by atoms with E-state index in [1.54, 1.807) is 0 Å². The third-order valence-corrected chi connectivity index (χ3v) is 4.46. The van der Waals surface area contributed by atoms with Crippen molar-refractivity contribution in [3.8, 4) is 5.75 Å². The van der Waals surface area contributed by atoms with Gasteiger partial charge in [0, 0.05) is 22.5 Å². The number of carbonyl (C=O) groups is 2. The average Bonchev–Trinajstić information content (AvgIpc) is 3.03. The molecule has 5 nitrogen and oxygen atoms in total. The number of fused-ring (bicyclic) bond motifs is 1. The van der Waals surface area contributed by atoms with Crippen LogP contribution in [-0.4, -0.2) is 26.7 Å². The zero-order valence-electron chi connectivity index (χ0n) is 12.3. The predicted octanol–water partition coefficient (Wildman–Crippen LogP) is 3.31. The van der Waals surface area contributed by atoms with Crippen molar-refractivity contribution in [2.75, 3.05) is 0 Å². The number of phenolic OH excluding ortho intramolecular Hbond substituents is 1. The number of aliphatic carboxylic acids is 1. The second-order valence-electron chi connectivity index (χ2n) is 5.24. The summed E-state index contributed by atoms with van der Waals surface area (Å²) in [6.07, 6.45) is -0.397. The maximum Gasteiger partial charge on any atom is 0.307 e. The Morgan fingerprint density at radius 1 is 1.25 bits per heavy atom. The molecule has 0 radical (unpaired) electrons. The summed E-state index contributed by atoms with van der Waals surface area (Å²) in [6.45, 7) is 1.52. The molecule has 0 atom stereocenters. The molecule has 2 heterocycles. The third kappa shape index (κ3) is 2.54. The SMILES string of the molecule is Cc1c(CC(=O)O)c2cc(O)c(F)cc2n1C(=O)c1csc(F)c1. The Bertz CT molecular complexity index is 990. The number of aromatic nitrogens is 1. The zero-order valence-corrected chi connectivity index (χ0v) is 13.2. The van der Waals surface area contributed by atoms with Crippen molar-refractivity contribution in [1.29, 1.82) is 0 Å². The predicted molar refractivity (Wildman–Crippen MR) is 83.6 cm³/mol. The number of carboxylic acids is 1. The van der Waals surface area contributed by atoms with Crippen LogP contribution in [0.3, 0.4) is 0 Å². The summed E-state index contributed by atoms with van der Waals surface area (Å²) in [5.74, 6) is -3.30. The average molecular weight is 351 g/mol. The molecule has 0 bridgehead atoms. The Morgan fingerprint density at radius 3 is 2.54 bits per heavy atom. The van der Waals surface area contributed by atoms with Gasteiger partial charge in [0.15, 0.2) is 16.7 Å². The van der Waals surface area contributed by atoms with E-state index in [2.05, 4.69) is 0 Å². The number of phenols is 1. The van der Waals surface area contributed by atoms with Gasteiger partial charge >= 0.3 is 5.97 Å². The Labute approximate surface area is 138 Å². The molecule has 0 aliphatic carbocycles. The number of hydrogen-bond acceptors (Lipinski definition) is 4. The number of halogens is 2. The normalized spacial score (nSPS) is 11.1. The maximum absolute atomic E-state index is 13.8. The van der Waals surface area contributed by atoms with Crippen LogP contribution in [0.2, 0.25) is 0 Å². The van der Waals surface area contributed by atoms with Gasteiger partial charge in [0.05, 0.1) is 17.5 Å². The highest BCUT2D eigenvalue weighted by molar-refractivity contribution is 7.08. The lowest BCUT2D eigenvalue weighted by Gasteiger charge is -2.06. The van der Waals surface area contributed by atoms with Gasteiger partial charge in [-0.3, -0.25) is 14.2 Å². The molecule has 2 N–H and O–H groups in total. The van der Waals surface area contributed by atoms with Crippen LogP contribution in [0.5, 0.6) is 5.75 Å². The molecule has 0 spiro atoms. The van der Waals surface area contributed by atoms with Crippen LogP contribution in [-0.2, 0) is 11.2 Å². The fourth-order valence-electron chi connectivity index (χ4n) is 2.68. The van der Waals surface area contributed by atoms with Crippen molar-refractivity contribution in [2.24, 2.45) is 0 Å². The van der Waals surface area contributed by atoms with Crippen molar-refractivity contribution in [1.82, 2.24) is 4.57 Å². The van der Waals surface area contributed by atoms with Crippen LogP contribution in [0.1, 0.15) is 21.6 Å². The lowest BCUT2D eigenvalue weighted by atomic mass is 10.1. The minimum atomic E-state index is -1.13. The molecule has 124 valence electrons. The molecule has 0 aliphatic heterocycles. The van der Waals surface area contributed by atoms with E-state index in [-0.39, 0.29) is 22.0 Å². The van der Waals surface area contributed by atoms with E-state index in [9.17, 15) is 23.5 Å². The monoisotopic (exact) mass is 351 g/mol. The Kier molecular flexibility index (Phi) is 3.84. The van der Waals surface area contributed by atoms with Gasteiger partial charge < -0.3 is 10.2 Å². The summed E-state index contributed by atoms with van der Waals surface area (Å²) in [5, 5.41) is 19.7. The second-order valence-corrected chi connectivity index (χ2v) is 6.10. The van der Waals surface area contributed by atoms with Gasteiger partial charge in [-0.05, 0) is 24.6 Å². The molecular weight excluding hydrogens is 340 g/mol. The van der Waals surface area contributed by atoms with Crippen molar-refractivity contribution < 1.29 is 28.6 Å². The fraction of sp³-hybridized carbons (Fsp3) is 0.125. The largest absolute Gasteiger partial charge is 0.505 e. The number of carboxylic acid groups (broad SMARTS) is 1. The number of carbonyl (C=O) groups excluding carboxylic acids is 1. The summed E-state index contributed by atoms with van der Waals surface area (Å²) in [6, 6.07) is 3.11. The lowest BCUT2D eigenvalue weighted by Crippen LogP contribution is -2.13. The van der Waals surface area contributed by atoms with Crippen LogP contribution >= 0.6 is 11.3 Å². The third-order valence-electron chi connectivity index (χ3n) is 3.75. The first kappa shape index (κ1) is 16.1. The van der Waals surface area contributed by atoms with Crippen molar-refractivity contribution in [3.05, 3.63) is 51.3 Å². The number of hydrogen-bond donors (Lipinski definition) is 2. The first-order valence-electron chi connectivity index (χ1n) is 6.82. The van der Waals surface area contributed by atoms with E-state index in [1.165, 1.54) is 12.3 Å². The van der Waals surface area contributed by atoms with Crippen molar-refractivity contribution in [2.45, 2.75) is 13.3 Å². The van der Waals surface area contributed by atoms with E-state index < -0.39 is 35.0 Å². The molecule has 3 rings (SSSR count). The molecule has 0 aliphatic rings. The minimum Gasteiger partial charge on any atom is -0.505 e. The Hall–Kier alpha value is -2.74. The molecule has 0 saturated heterocycles. The summed E-state index contributed by atoms with van der Waals surface area (Å²) in [4.78, 5) is 23.8. The smallest absolute Gasteiger partial charge is 0.307 e. The van der Waals surface area contributed by atoms with Crippen molar-refractivity contribution >= 4 is 34.1 Å². The molecule has 3 aromatic rings. The van der Waals surface area contributed by atoms with Gasteiger partial charge in [0.25, 0.3) is 5.91 Å². The van der Waals surface area contributed by atoms with Gasteiger partial charge in [0.2, 0.25) is 0 Å². The lowest BCUT2D eigenvalue weighted by molar-refractivity contribution is -0.136. The minimum absolute atomic E-state index is 0.0767. The molecule has 24 heavy (non-hydrogen) atoms. The topological polar surface area (TPSA) is 79.5 Å².